The van der Waals surface area contributed by atoms with Gasteiger partial charge in [0, 0.05) is 6.20 Å². The Morgan fingerprint density at radius 2 is 2.05 bits per heavy atom. The molecule has 0 aliphatic carbocycles. The first-order valence-electron chi connectivity index (χ1n) is 6.91. The molecule has 2 aromatic rings. The van der Waals surface area contributed by atoms with Gasteiger partial charge in [0.15, 0.2) is 0 Å². The topological polar surface area (TPSA) is 38.2 Å². The van der Waals surface area contributed by atoms with E-state index in [1.54, 1.807) is 18.0 Å². The van der Waals surface area contributed by atoms with Gasteiger partial charge in [0.1, 0.15) is 16.9 Å². The van der Waals surface area contributed by atoms with Gasteiger partial charge >= 0.3 is 0 Å². The predicted octanol–water partition coefficient (Wildman–Crippen LogP) is 5.29. The van der Waals surface area contributed by atoms with Gasteiger partial charge in [-0.2, -0.15) is 0 Å². The van der Waals surface area contributed by atoms with Crippen LogP contribution in [0.15, 0.2) is 34.9 Å². The summed E-state index contributed by atoms with van der Waals surface area (Å²) < 4.78 is 11.4. The number of ether oxygens (including phenoxy) is 1. The molecule has 1 heterocycles. The number of rotatable bonds is 5. The van der Waals surface area contributed by atoms with Crippen LogP contribution < -0.4 is 4.74 Å². The zero-order chi connectivity index (χ0) is 15.5. The molecule has 1 N–H and O–H groups in total. The van der Waals surface area contributed by atoms with Crippen LogP contribution in [0.3, 0.4) is 0 Å². The first-order valence-corrected chi connectivity index (χ1v) is 8.37. The molecule has 0 aliphatic heterocycles. The second-order valence-electron chi connectivity index (χ2n) is 5.89. The monoisotopic (exact) mass is 323 g/mol. The molecule has 1 unspecified atom stereocenters. The van der Waals surface area contributed by atoms with Gasteiger partial charge in [0.05, 0.1) is 5.75 Å². The highest BCUT2D eigenvalue weighted by molar-refractivity contribution is 7.98. The van der Waals surface area contributed by atoms with Crippen molar-refractivity contribution in [1.82, 2.24) is 4.98 Å². The van der Waals surface area contributed by atoms with E-state index < -0.39 is 0 Å². The molecule has 2 rings (SSSR count). The fourth-order valence-corrected chi connectivity index (χ4v) is 2.87. The minimum atomic E-state index is 0.0344. The van der Waals surface area contributed by atoms with Crippen LogP contribution in [0.1, 0.15) is 39.0 Å². The summed E-state index contributed by atoms with van der Waals surface area (Å²) in [5, 5.41) is 0. The Labute approximate surface area is 135 Å². The van der Waals surface area contributed by atoms with Crippen molar-refractivity contribution in [3.63, 3.8) is 0 Å². The van der Waals surface area contributed by atoms with Gasteiger partial charge in [0.2, 0.25) is 0 Å². The summed E-state index contributed by atoms with van der Waals surface area (Å²) in [5.74, 6) is 2.51. The number of hydrogen-bond donors (Lipinski definition) is 1. The normalized spacial score (nSPS) is 13.1. The number of thioether (sulfide) groups is 1. The highest BCUT2D eigenvalue weighted by Crippen LogP contribution is 2.33. The van der Waals surface area contributed by atoms with Crippen LogP contribution in [0.25, 0.3) is 0 Å². The number of H-pyrrole nitrogens is 1. The van der Waals surface area contributed by atoms with E-state index in [-0.39, 0.29) is 10.9 Å². The average Bonchev–Trinajstić information content (AvgIpc) is 2.82. The summed E-state index contributed by atoms with van der Waals surface area (Å²) in [7, 11) is 0. The van der Waals surface area contributed by atoms with Gasteiger partial charge in [-0.15, -0.1) is 11.8 Å². The van der Waals surface area contributed by atoms with Crippen molar-refractivity contribution in [2.24, 2.45) is 0 Å². The number of aromatic amines is 1. The van der Waals surface area contributed by atoms with Crippen molar-refractivity contribution in [2.45, 2.75) is 44.3 Å². The van der Waals surface area contributed by atoms with Crippen LogP contribution in [0.4, 0.5) is 0 Å². The summed E-state index contributed by atoms with van der Waals surface area (Å²) in [4.78, 5) is 3.28. The first kappa shape index (κ1) is 16.2. The second-order valence-corrected chi connectivity index (χ2v) is 7.54. The summed E-state index contributed by atoms with van der Waals surface area (Å²) in [6, 6.07) is 8.21. The third kappa shape index (κ3) is 4.64. The number of nitrogens with one attached hydrogen (secondary N) is 1. The third-order valence-corrected chi connectivity index (χ3v) is 4.24. The zero-order valence-electron chi connectivity index (χ0n) is 12.8. The molecule has 0 radical (unpaired) electrons. The van der Waals surface area contributed by atoms with Crippen LogP contribution in [0, 0.1) is 4.84 Å². The fraction of sp³-hybridized carbons (Fsp3) is 0.438. The Kier molecular flexibility index (Phi) is 5.17. The molecule has 5 heteroatoms. The van der Waals surface area contributed by atoms with E-state index in [1.165, 1.54) is 5.56 Å². The van der Waals surface area contributed by atoms with E-state index in [2.05, 4.69) is 37.9 Å². The van der Waals surface area contributed by atoms with E-state index in [1.807, 2.05) is 19.1 Å². The van der Waals surface area contributed by atoms with Gasteiger partial charge in [-0.3, -0.25) is 0 Å². The standard InChI is InChI=1S/C16H21NO2S2/c1-11(21-10-12-9-17-15(20)19-12)18-14-8-6-5-7-13(14)16(2,3)4/h5-9,11H,10H2,1-4H3,(H,17,20). The SMILES string of the molecule is CC(Oc1ccccc1C(C)(C)C)SCc1c[nH]c(=S)o1. The highest BCUT2D eigenvalue weighted by Gasteiger charge is 2.19. The summed E-state index contributed by atoms with van der Waals surface area (Å²) in [6.07, 6.45) is 1.80. The van der Waals surface area contributed by atoms with E-state index in [0.29, 0.717) is 4.84 Å². The van der Waals surface area contributed by atoms with Crippen molar-refractivity contribution in [3.05, 3.63) is 46.6 Å². The quantitative estimate of drug-likeness (QED) is 0.599. The van der Waals surface area contributed by atoms with Crippen molar-refractivity contribution in [1.29, 1.82) is 0 Å². The van der Waals surface area contributed by atoms with E-state index in [0.717, 1.165) is 17.3 Å². The molecule has 0 amide bonds. The molecule has 114 valence electrons. The van der Waals surface area contributed by atoms with E-state index in [9.17, 15) is 0 Å². The van der Waals surface area contributed by atoms with Crippen molar-refractivity contribution < 1.29 is 9.15 Å². The Balaban J connectivity index is 1.99. The molecule has 0 saturated heterocycles. The lowest BCUT2D eigenvalue weighted by atomic mass is 9.86. The molecule has 0 aliphatic rings. The lowest BCUT2D eigenvalue weighted by molar-refractivity contribution is 0.299. The Morgan fingerprint density at radius 1 is 1.33 bits per heavy atom. The molecule has 21 heavy (non-hydrogen) atoms. The number of hydrogen-bond acceptors (Lipinski definition) is 4. The fourth-order valence-electron chi connectivity index (χ4n) is 1.99. The number of para-hydroxylation sites is 1. The maximum absolute atomic E-state index is 6.09. The number of aromatic nitrogens is 1. The van der Waals surface area contributed by atoms with Crippen molar-refractivity contribution in [3.8, 4) is 5.75 Å². The van der Waals surface area contributed by atoms with Crippen LogP contribution >= 0.6 is 24.0 Å². The lowest BCUT2D eigenvalue weighted by Gasteiger charge is -2.24. The average molecular weight is 323 g/mol. The van der Waals surface area contributed by atoms with Gasteiger partial charge in [-0.1, -0.05) is 39.0 Å². The molecule has 3 nitrogen and oxygen atoms in total. The molecule has 1 aromatic carbocycles. The Morgan fingerprint density at radius 3 is 2.67 bits per heavy atom. The Hall–Kier alpha value is -1.20. The van der Waals surface area contributed by atoms with Crippen molar-refractivity contribution >= 4 is 24.0 Å². The smallest absolute Gasteiger partial charge is 0.266 e. The molecular weight excluding hydrogens is 302 g/mol. The van der Waals surface area contributed by atoms with Crippen LogP contribution in [0.5, 0.6) is 5.75 Å². The molecule has 1 aromatic heterocycles. The summed E-state index contributed by atoms with van der Waals surface area (Å²) >= 11 is 6.59. The van der Waals surface area contributed by atoms with Crippen molar-refractivity contribution in [2.75, 3.05) is 0 Å². The third-order valence-electron chi connectivity index (χ3n) is 3.02. The summed E-state index contributed by atoms with van der Waals surface area (Å²) in [6.45, 7) is 8.62. The molecular formula is C16H21NO2S2. The molecule has 1 atom stereocenters. The summed E-state index contributed by atoms with van der Waals surface area (Å²) in [5.41, 5.74) is 1.32. The van der Waals surface area contributed by atoms with Crippen LogP contribution in [-0.4, -0.2) is 10.4 Å². The van der Waals surface area contributed by atoms with Gasteiger partial charge < -0.3 is 14.1 Å². The maximum atomic E-state index is 6.09. The predicted molar refractivity (Wildman–Crippen MR) is 90.4 cm³/mol. The Bertz CT molecular complexity index is 640. The number of oxazole rings is 1. The van der Waals surface area contributed by atoms with E-state index >= 15 is 0 Å². The number of benzene rings is 1. The molecule has 0 fully saturated rings. The molecule has 0 saturated carbocycles. The highest BCUT2D eigenvalue weighted by atomic mass is 32.2. The van der Waals surface area contributed by atoms with Crippen LogP contribution in [0.2, 0.25) is 0 Å². The minimum absolute atomic E-state index is 0.0344. The minimum Gasteiger partial charge on any atom is -0.480 e. The second kappa shape index (κ2) is 6.71. The molecule has 0 spiro atoms. The largest absolute Gasteiger partial charge is 0.480 e. The maximum Gasteiger partial charge on any atom is 0.266 e. The van der Waals surface area contributed by atoms with Gasteiger partial charge in [-0.25, -0.2) is 0 Å². The zero-order valence-corrected chi connectivity index (χ0v) is 14.4. The molecule has 0 bridgehead atoms. The van der Waals surface area contributed by atoms with E-state index in [4.69, 9.17) is 21.4 Å². The first-order chi connectivity index (χ1) is 9.86. The van der Waals surface area contributed by atoms with Gasteiger partial charge in [-0.05, 0) is 36.2 Å². The lowest BCUT2D eigenvalue weighted by Crippen LogP contribution is -2.16. The van der Waals surface area contributed by atoms with Crippen LogP contribution in [-0.2, 0) is 11.2 Å². The van der Waals surface area contributed by atoms with Gasteiger partial charge in [0.25, 0.3) is 4.84 Å².